The summed E-state index contributed by atoms with van der Waals surface area (Å²) in [4.78, 5) is 14.1. The van der Waals surface area contributed by atoms with Crippen molar-refractivity contribution in [2.45, 2.75) is 44.2 Å². The van der Waals surface area contributed by atoms with Crippen LogP contribution in [0.3, 0.4) is 0 Å². The summed E-state index contributed by atoms with van der Waals surface area (Å²) in [5, 5.41) is 8.48. The molecule has 27 heavy (non-hydrogen) atoms. The van der Waals surface area contributed by atoms with E-state index in [1.165, 1.54) is 11.1 Å². The maximum absolute atomic E-state index is 11.3. The Morgan fingerprint density at radius 2 is 2.00 bits per heavy atom. The first-order valence-electron chi connectivity index (χ1n) is 9.64. The molecule has 0 bridgehead atoms. The Kier molecular flexibility index (Phi) is 4.94. The number of aromatic nitrogens is 3. The highest BCUT2D eigenvalue weighted by molar-refractivity contribution is 5.59. The molecular weight excluding hydrogens is 336 g/mol. The molecule has 140 valence electrons. The zero-order chi connectivity index (χ0) is 18.8. The number of benzene rings is 1. The highest BCUT2D eigenvalue weighted by atomic mass is 16.1. The molecule has 1 aromatic carbocycles. The van der Waals surface area contributed by atoms with Gasteiger partial charge in [0.15, 0.2) is 0 Å². The normalized spacial score (nSPS) is 20.7. The zero-order valence-corrected chi connectivity index (χ0v) is 15.9. The number of nitrogens with zero attached hydrogens (tertiary/aromatic N) is 2. The maximum Gasteiger partial charge on any atom is 0.247 e. The summed E-state index contributed by atoms with van der Waals surface area (Å²) in [5.74, 6) is 0.509. The minimum Gasteiger partial charge on any atom is -0.329 e. The summed E-state index contributed by atoms with van der Waals surface area (Å²) >= 11 is 0. The quantitative estimate of drug-likeness (QED) is 0.726. The van der Waals surface area contributed by atoms with Crippen LogP contribution in [0, 0.1) is 0 Å². The van der Waals surface area contributed by atoms with Gasteiger partial charge in [0.2, 0.25) is 5.56 Å². The second-order valence-electron chi connectivity index (χ2n) is 7.53. The van der Waals surface area contributed by atoms with Crippen LogP contribution in [0.4, 0.5) is 0 Å². The van der Waals surface area contributed by atoms with Gasteiger partial charge in [-0.2, -0.15) is 5.10 Å². The predicted molar refractivity (Wildman–Crippen MR) is 108 cm³/mol. The number of H-pyrrole nitrogens is 1. The first kappa shape index (κ1) is 17.7. The molecule has 0 spiro atoms. The molecule has 0 radical (unpaired) electrons. The fourth-order valence-corrected chi connectivity index (χ4v) is 4.13. The van der Waals surface area contributed by atoms with Gasteiger partial charge in [0.1, 0.15) is 0 Å². The van der Waals surface area contributed by atoms with Crippen molar-refractivity contribution in [3.63, 3.8) is 0 Å². The van der Waals surface area contributed by atoms with E-state index < -0.39 is 0 Å². The smallest absolute Gasteiger partial charge is 0.247 e. The summed E-state index contributed by atoms with van der Waals surface area (Å²) in [6, 6.07) is 16.8. The summed E-state index contributed by atoms with van der Waals surface area (Å²) in [5.41, 5.74) is 4.59. The fraction of sp³-hybridized carbons (Fsp3) is 0.364. The third-order valence-electron chi connectivity index (χ3n) is 5.61. The molecule has 0 amide bonds. The standard InChI is InChI=1S/C22H26N4O/c1-15(20-13-21(26(2)25-20)16-6-4-3-5-7-16)24-19-10-8-17(12-19)18-9-11-22(27)23-14-18/h3-7,9,11,13-15,17,19,24H,8,10,12H2,1-2H3,(H,23,27)/t15-,17+,19?/m1/s1. The first-order chi connectivity index (χ1) is 13.1. The van der Waals surface area contributed by atoms with Gasteiger partial charge in [-0.3, -0.25) is 9.48 Å². The van der Waals surface area contributed by atoms with E-state index in [9.17, 15) is 4.79 Å². The number of nitrogens with one attached hydrogen (secondary N) is 2. The lowest BCUT2D eigenvalue weighted by Gasteiger charge is -2.18. The Hall–Kier alpha value is -2.66. The Morgan fingerprint density at radius 3 is 2.74 bits per heavy atom. The van der Waals surface area contributed by atoms with Crippen LogP contribution in [0.2, 0.25) is 0 Å². The van der Waals surface area contributed by atoms with Crippen molar-refractivity contribution in [1.82, 2.24) is 20.1 Å². The predicted octanol–water partition coefficient (Wildman–Crippen LogP) is 3.76. The lowest BCUT2D eigenvalue weighted by Crippen LogP contribution is -2.29. The second-order valence-corrected chi connectivity index (χ2v) is 7.53. The number of aryl methyl sites for hydroxylation is 1. The Bertz CT molecular complexity index is 939. The van der Waals surface area contributed by atoms with Gasteiger partial charge in [0, 0.05) is 31.4 Å². The summed E-state index contributed by atoms with van der Waals surface area (Å²) < 4.78 is 1.96. The van der Waals surface area contributed by atoms with Crippen LogP contribution in [0.1, 0.15) is 49.4 Å². The van der Waals surface area contributed by atoms with E-state index >= 15 is 0 Å². The van der Waals surface area contributed by atoms with Crippen molar-refractivity contribution in [3.8, 4) is 11.3 Å². The number of pyridine rings is 1. The van der Waals surface area contributed by atoms with E-state index in [-0.39, 0.29) is 11.6 Å². The molecule has 4 rings (SSSR count). The largest absolute Gasteiger partial charge is 0.329 e. The maximum atomic E-state index is 11.3. The molecule has 2 N–H and O–H groups in total. The fourth-order valence-electron chi connectivity index (χ4n) is 4.13. The Morgan fingerprint density at radius 1 is 1.19 bits per heavy atom. The van der Waals surface area contributed by atoms with E-state index in [0.29, 0.717) is 12.0 Å². The molecule has 1 saturated carbocycles. The molecule has 0 saturated heterocycles. The third kappa shape index (κ3) is 3.88. The molecule has 2 aromatic heterocycles. The lowest BCUT2D eigenvalue weighted by molar-refractivity contribution is 0.448. The number of aromatic amines is 1. The molecule has 1 aliphatic carbocycles. The van der Waals surface area contributed by atoms with Gasteiger partial charge < -0.3 is 10.3 Å². The van der Waals surface area contributed by atoms with E-state index in [1.807, 2.05) is 30.1 Å². The zero-order valence-electron chi connectivity index (χ0n) is 15.9. The summed E-state index contributed by atoms with van der Waals surface area (Å²) in [6.07, 6.45) is 5.25. The van der Waals surface area contributed by atoms with Crippen LogP contribution in [-0.2, 0) is 7.05 Å². The topological polar surface area (TPSA) is 62.7 Å². The van der Waals surface area contributed by atoms with Crippen LogP contribution < -0.4 is 10.9 Å². The van der Waals surface area contributed by atoms with Crippen LogP contribution in [-0.4, -0.2) is 20.8 Å². The van der Waals surface area contributed by atoms with Gasteiger partial charge in [-0.05, 0) is 49.3 Å². The van der Waals surface area contributed by atoms with E-state index in [1.54, 1.807) is 6.07 Å². The van der Waals surface area contributed by atoms with E-state index in [4.69, 9.17) is 5.10 Å². The highest BCUT2D eigenvalue weighted by Gasteiger charge is 2.27. The van der Waals surface area contributed by atoms with Crippen LogP contribution in [0.15, 0.2) is 59.5 Å². The van der Waals surface area contributed by atoms with Crippen LogP contribution in [0.5, 0.6) is 0 Å². The van der Waals surface area contributed by atoms with Crippen molar-refractivity contribution in [2.75, 3.05) is 0 Å². The average molecular weight is 362 g/mol. The van der Waals surface area contributed by atoms with Crippen molar-refractivity contribution in [3.05, 3.63) is 76.3 Å². The van der Waals surface area contributed by atoms with Crippen molar-refractivity contribution in [2.24, 2.45) is 7.05 Å². The van der Waals surface area contributed by atoms with Crippen LogP contribution >= 0.6 is 0 Å². The Labute approximate surface area is 159 Å². The van der Waals surface area contributed by atoms with Gasteiger partial charge in [-0.25, -0.2) is 0 Å². The molecule has 1 fully saturated rings. The average Bonchev–Trinajstić information content (AvgIpc) is 3.30. The summed E-state index contributed by atoms with van der Waals surface area (Å²) in [6.45, 7) is 2.18. The second kappa shape index (κ2) is 7.53. The van der Waals surface area contributed by atoms with Gasteiger partial charge in [-0.15, -0.1) is 0 Å². The van der Waals surface area contributed by atoms with Gasteiger partial charge in [0.05, 0.1) is 11.4 Å². The van der Waals surface area contributed by atoms with Gasteiger partial charge in [-0.1, -0.05) is 36.4 Å². The monoisotopic (exact) mass is 362 g/mol. The molecule has 2 heterocycles. The highest BCUT2D eigenvalue weighted by Crippen LogP contribution is 2.35. The van der Waals surface area contributed by atoms with Crippen molar-refractivity contribution < 1.29 is 0 Å². The number of rotatable bonds is 5. The third-order valence-corrected chi connectivity index (χ3v) is 5.61. The molecule has 3 aromatic rings. The minimum atomic E-state index is -0.0376. The minimum absolute atomic E-state index is 0.0376. The molecule has 5 heteroatoms. The molecule has 0 aliphatic heterocycles. The van der Waals surface area contributed by atoms with E-state index in [0.717, 1.165) is 30.7 Å². The molecular formula is C22H26N4O. The summed E-state index contributed by atoms with van der Waals surface area (Å²) in [7, 11) is 2.00. The Balaban J connectivity index is 1.42. The molecule has 1 unspecified atom stereocenters. The molecule has 5 nitrogen and oxygen atoms in total. The van der Waals surface area contributed by atoms with Crippen LogP contribution in [0.25, 0.3) is 11.3 Å². The van der Waals surface area contributed by atoms with E-state index in [2.05, 4.69) is 47.6 Å². The SMILES string of the molecule is C[C@@H](NC1CC[C@H](c2ccc(=O)[nH]c2)C1)c1cc(-c2ccccc2)n(C)n1. The van der Waals surface area contributed by atoms with Gasteiger partial charge >= 0.3 is 0 Å². The number of hydrogen-bond acceptors (Lipinski definition) is 3. The number of hydrogen-bond donors (Lipinski definition) is 2. The molecule has 1 aliphatic rings. The first-order valence-corrected chi connectivity index (χ1v) is 9.64. The van der Waals surface area contributed by atoms with Crippen molar-refractivity contribution in [1.29, 1.82) is 0 Å². The molecule has 3 atom stereocenters. The lowest BCUT2D eigenvalue weighted by atomic mass is 9.99. The van der Waals surface area contributed by atoms with Gasteiger partial charge in [0.25, 0.3) is 0 Å². The van der Waals surface area contributed by atoms with Crippen molar-refractivity contribution >= 4 is 0 Å².